The van der Waals surface area contributed by atoms with Crippen LogP contribution >= 0.6 is 12.2 Å². The number of hydrogen-bond donors (Lipinski definition) is 1. The molecule has 0 saturated carbocycles. The van der Waals surface area contributed by atoms with Gasteiger partial charge < -0.3 is 10.6 Å². The summed E-state index contributed by atoms with van der Waals surface area (Å²) in [6.45, 7) is 5.46. The normalized spacial score (nSPS) is 16.5. The van der Waals surface area contributed by atoms with Crippen LogP contribution in [0.4, 0.5) is 5.69 Å². The first kappa shape index (κ1) is 12.4. The zero-order chi connectivity index (χ0) is 12.4. The number of rotatable bonds is 3. The van der Waals surface area contributed by atoms with E-state index in [-0.39, 0.29) is 0 Å². The van der Waals surface area contributed by atoms with Gasteiger partial charge in [0, 0.05) is 24.7 Å². The molecule has 0 saturated heterocycles. The Morgan fingerprint density at radius 2 is 2.29 bits per heavy atom. The Bertz CT molecular complexity index is 428. The lowest BCUT2D eigenvalue weighted by molar-refractivity contribution is 0.606. The minimum Gasteiger partial charge on any atom is -0.393 e. The van der Waals surface area contributed by atoms with E-state index in [0.717, 1.165) is 13.0 Å². The molecule has 0 radical (unpaired) electrons. The molecule has 0 spiro atoms. The van der Waals surface area contributed by atoms with Gasteiger partial charge in [0.1, 0.15) is 0 Å². The fraction of sp³-hybridized carbons (Fsp3) is 0.500. The molecule has 1 unspecified atom stereocenters. The highest BCUT2D eigenvalue weighted by atomic mass is 32.1. The average Bonchev–Trinajstić information content (AvgIpc) is 2.26. The molecule has 1 aliphatic heterocycles. The van der Waals surface area contributed by atoms with Gasteiger partial charge in [-0.2, -0.15) is 0 Å². The summed E-state index contributed by atoms with van der Waals surface area (Å²) in [6, 6.07) is 7.12. The third-order valence-electron chi connectivity index (χ3n) is 3.42. The van der Waals surface area contributed by atoms with E-state index in [0.29, 0.717) is 11.0 Å². The zero-order valence-corrected chi connectivity index (χ0v) is 11.4. The van der Waals surface area contributed by atoms with E-state index < -0.39 is 0 Å². The van der Waals surface area contributed by atoms with E-state index >= 15 is 0 Å². The second-order valence-corrected chi connectivity index (χ2v) is 5.47. The third-order valence-corrected chi connectivity index (χ3v) is 3.58. The van der Waals surface area contributed by atoms with Crippen molar-refractivity contribution < 1.29 is 0 Å². The van der Waals surface area contributed by atoms with Crippen LogP contribution in [0.25, 0.3) is 0 Å². The summed E-state index contributed by atoms with van der Waals surface area (Å²) in [6.07, 6.45) is 3.20. The Kier molecular flexibility index (Phi) is 3.67. The maximum Gasteiger partial charge on any atom is 0.0747 e. The summed E-state index contributed by atoms with van der Waals surface area (Å²) < 4.78 is 0. The molecule has 2 N–H and O–H groups in total. The summed E-state index contributed by atoms with van der Waals surface area (Å²) in [4.78, 5) is 3.05. The van der Waals surface area contributed by atoms with Crippen molar-refractivity contribution in [3.63, 3.8) is 0 Å². The van der Waals surface area contributed by atoms with E-state index in [1.165, 1.54) is 29.7 Å². The number of fused-ring (bicyclic) bond motifs is 1. The van der Waals surface area contributed by atoms with Crippen LogP contribution in [0.2, 0.25) is 0 Å². The van der Waals surface area contributed by atoms with Gasteiger partial charge in [-0.05, 0) is 38.3 Å². The number of nitrogens with zero attached hydrogens (tertiary/aromatic N) is 1. The Hall–Kier alpha value is -1.09. The number of anilines is 1. The predicted molar refractivity (Wildman–Crippen MR) is 77.7 cm³/mol. The molecule has 1 heterocycles. The minimum atomic E-state index is 0.397. The molecule has 1 aliphatic rings. The van der Waals surface area contributed by atoms with Gasteiger partial charge in [-0.15, -0.1) is 0 Å². The number of aryl methyl sites for hydroxylation is 2. The van der Waals surface area contributed by atoms with Gasteiger partial charge in [0.05, 0.1) is 4.99 Å². The van der Waals surface area contributed by atoms with Crippen LogP contribution in [0.15, 0.2) is 18.2 Å². The summed E-state index contributed by atoms with van der Waals surface area (Å²) in [7, 11) is 0. The molecule has 0 aliphatic carbocycles. The maximum atomic E-state index is 5.65. The van der Waals surface area contributed by atoms with Gasteiger partial charge in [-0.1, -0.05) is 29.9 Å². The average molecular weight is 248 g/mol. The summed E-state index contributed by atoms with van der Waals surface area (Å²) in [5.41, 5.74) is 9.82. The largest absolute Gasteiger partial charge is 0.393 e. The monoisotopic (exact) mass is 248 g/mol. The van der Waals surface area contributed by atoms with Gasteiger partial charge >= 0.3 is 0 Å². The molecular weight excluding hydrogens is 228 g/mol. The number of nitrogens with two attached hydrogens (primary N) is 1. The SMILES string of the molecule is Cc1ccc2c(c1)CCCN2C(C)CC(N)=S. The van der Waals surface area contributed by atoms with Crippen molar-refractivity contribution in [2.24, 2.45) is 5.73 Å². The number of thiocarbonyl (C=S) groups is 1. The molecule has 0 amide bonds. The van der Waals surface area contributed by atoms with Crippen LogP contribution in [0.3, 0.4) is 0 Å². The summed E-state index contributed by atoms with van der Waals surface area (Å²) in [5, 5.41) is 0. The molecule has 0 aromatic heterocycles. The Balaban J connectivity index is 2.25. The lowest BCUT2D eigenvalue weighted by atomic mass is 9.98. The van der Waals surface area contributed by atoms with E-state index in [1.807, 2.05) is 0 Å². The summed E-state index contributed by atoms with van der Waals surface area (Å²) >= 11 is 5.01. The third kappa shape index (κ3) is 2.78. The van der Waals surface area contributed by atoms with Crippen LogP contribution in [0.1, 0.15) is 30.9 Å². The Labute approximate surface area is 109 Å². The van der Waals surface area contributed by atoms with Crippen molar-refractivity contribution in [2.45, 2.75) is 39.2 Å². The van der Waals surface area contributed by atoms with Crippen molar-refractivity contribution in [1.82, 2.24) is 0 Å². The van der Waals surface area contributed by atoms with E-state index in [2.05, 4.69) is 36.9 Å². The van der Waals surface area contributed by atoms with E-state index in [9.17, 15) is 0 Å². The van der Waals surface area contributed by atoms with Crippen LogP contribution in [0.5, 0.6) is 0 Å². The highest BCUT2D eigenvalue weighted by Crippen LogP contribution is 2.30. The van der Waals surface area contributed by atoms with Crippen molar-refractivity contribution in [2.75, 3.05) is 11.4 Å². The second-order valence-electron chi connectivity index (χ2n) is 4.95. The molecule has 1 aromatic rings. The lowest BCUT2D eigenvalue weighted by Gasteiger charge is -2.36. The highest BCUT2D eigenvalue weighted by Gasteiger charge is 2.21. The zero-order valence-electron chi connectivity index (χ0n) is 10.6. The standard InChI is InChI=1S/C14H20N2S/c1-10-5-6-13-12(8-10)4-3-7-16(13)11(2)9-14(15)17/h5-6,8,11H,3-4,7,9H2,1-2H3,(H2,15,17). The van der Waals surface area contributed by atoms with Crippen molar-refractivity contribution in [3.05, 3.63) is 29.3 Å². The molecular formula is C14H20N2S. The van der Waals surface area contributed by atoms with E-state index in [1.54, 1.807) is 0 Å². The minimum absolute atomic E-state index is 0.397. The lowest BCUT2D eigenvalue weighted by Crippen LogP contribution is -2.39. The quantitative estimate of drug-likeness (QED) is 0.834. The molecule has 0 fully saturated rings. The van der Waals surface area contributed by atoms with Crippen LogP contribution in [-0.4, -0.2) is 17.6 Å². The molecule has 92 valence electrons. The Morgan fingerprint density at radius 3 is 3.00 bits per heavy atom. The van der Waals surface area contributed by atoms with Gasteiger partial charge in [0.25, 0.3) is 0 Å². The Morgan fingerprint density at radius 1 is 1.53 bits per heavy atom. The predicted octanol–water partition coefficient (Wildman–Crippen LogP) is 2.81. The van der Waals surface area contributed by atoms with E-state index in [4.69, 9.17) is 18.0 Å². The van der Waals surface area contributed by atoms with Gasteiger partial charge in [-0.25, -0.2) is 0 Å². The first-order valence-electron chi connectivity index (χ1n) is 6.22. The van der Waals surface area contributed by atoms with Crippen molar-refractivity contribution in [3.8, 4) is 0 Å². The maximum absolute atomic E-state index is 5.65. The fourth-order valence-electron chi connectivity index (χ4n) is 2.61. The number of hydrogen-bond acceptors (Lipinski definition) is 2. The second kappa shape index (κ2) is 5.05. The smallest absolute Gasteiger partial charge is 0.0747 e. The first-order chi connectivity index (χ1) is 8.08. The van der Waals surface area contributed by atoms with Gasteiger partial charge in [-0.3, -0.25) is 0 Å². The first-order valence-corrected chi connectivity index (χ1v) is 6.63. The fourth-order valence-corrected chi connectivity index (χ4v) is 2.86. The topological polar surface area (TPSA) is 29.3 Å². The van der Waals surface area contributed by atoms with Crippen LogP contribution in [0, 0.1) is 6.92 Å². The van der Waals surface area contributed by atoms with Gasteiger partial charge in [0.15, 0.2) is 0 Å². The molecule has 1 atom stereocenters. The molecule has 3 heteroatoms. The molecule has 17 heavy (non-hydrogen) atoms. The summed E-state index contributed by atoms with van der Waals surface area (Å²) in [5.74, 6) is 0. The van der Waals surface area contributed by atoms with Crippen molar-refractivity contribution in [1.29, 1.82) is 0 Å². The van der Waals surface area contributed by atoms with Crippen LogP contribution in [-0.2, 0) is 6.42 Å². The molecule has 2 rings (SSSR count). The van der Waals surface area contributed by atoms with Crippen molar-refractivity contribution >= 4 is 22.9 Å². The molecule has 0 bridgehead atoms. The van der Waals surface area contributed by atoms with Crippen LogP contribution < -0.4 is 10.6 Å². The molecule has 1 aromatic carbocycles. The molecule has 2 nitrogen and oxygen atoms in total. The number of benzene rings is 1. The van der Waals surface area contributed by atoms with Gasteiger partial charge in [0.2, 0.25) is 0 Å². The highest BCUT2D eigenvalue weighted by molar-refractivity contribution is 7.80.